The Bertz CT molecular complexity index is 1630. The number of carbonyl (C=O) groups excluding carboxylic acids is 1. The Morgan fingerprint density at radius 2 is 1.18 bits per heavy atom. The van der Waals surface area contributed by atoms with Gasteiger partial charge in [0.2, 0.25) is 19.7 Å². The van der Waals surface area contributed by atoms with E-state index in [1.54, 1.807) is 51.1 Å². The molecule has 1 amide bonds. The van der Waals surface area contributed by atoms with Gasteiger partial charge in [0, 0.05) is 0 Å². The molecule has 0 aliphatic rings. The monoisotopic (exact) mass is 569 g/mol. The van der Waals surface area contributed by atoms with Crippen molar-refractivity contribution in [3.05, 3.63) is 109 Å². The Balaban J connectivity index is 2.09. The van der Waals surface area contributed by atoms with Crippen LogP contribution < -0.4 is 5.32 Å². The van der Waals surface area contributed by atoms with Crippen LogP contribution in [-0.2, 0) is 24.4 Å². The summed E-state index contributed by atoms with van der Waals surface area (Å²) >= 11 is 0. The number of rotatable bonds is 7. The number of alkyl carbamates (subject to hydrolysis) is 1. The van der Waals surface area contributed by atoms with Gasteiger partial charge in [0.1, 0.15) is 11.6 Å². The number of fused-ring (bicyclic) bond motifs is 1. The first-order valence-corrected chi connectivity index (χ1v) is 15.0. The van der Waals surface area contributed by atoms with Crippen molar-refractivity contribution >= 4 is 36.5 Å². The minimum Gasteiger partial charge on any atom is -0.444 e. The number of halogens is 1. The van der Waals surface area contributed by atoms with Gasteiger partial charge < -0.3 is 10.1 Å². The number of hydrogen-bond donors (Lipinski definition) is 1. The number of alkyl halides is 1. The van der Waals surface area contributed by atoms with E-state index in [0.717, 1.165) is 24.3 Å². The largest absolute Gasteiger partial charge is 0.444 e. The summed E-state index contributed by atoms with van der Waals surface area (Å²) in [7, 11) is -10.7. The predicted octanol–water partition coefficient (Wildman–Crippen LogP) is 5.98. The van der Waals surface area contributed by atoms with Crippen molar-refractivity contribution in [2.75, 3.05) is 0 Å². The van der Waals surface area contributed by atoms with E-state index < -0.39 is 51.5 Å². The molecule has 39 heavy (non-hydrogen) atoms. The normalized spacial score (nSPS) is 13.5. The third kappa shape index (κ3) is 5.26. The zero-order valence-corrected chi connectivity index (χ0v) is 23.2. The third-order valence-electron chi connectivity index (χ3n) is 5.98. The van der Waals surface area contributed by atoms with Gasteiger partial charge in [0.15, 0.2) is 0 Å². The topological polar surface area (TPSA) is 107 Å². The van der Waals surface area contributed by atoms with Crippen LogP contribution in [0, 0.1) is 0 Å². The summed E-state index contributed by atoms with van der Waals surface area (Å²) in [4.78, 5) is 11.9. The average Bonchev–Trinajstić information content (AvgIpc) is 2.91. The van der Waals surface area contributed by atoms with Crippen LogP contribution in [0.3, 0.4) is 0 Å². The van der Waals surface area contributed by atoms with Gasteiger partial charge in [-0.25, -0.2) is 26.0 Å². The van der Waals surface area contributed by atoms with Crippen LogP contribution in [0.25, 0.3) is 10.8 Å². The number of benzene rings is 4. The maximum absolute atomic E-state index is 17.9. The quantitative estimate of drug-likeness (QED) is 0.294. The fourth-order valence-electron chi connectivity index (χ4n) is 4.25. The number of carbonyl (C=O) groups is 1. The average molecular weight is 570 g/mol. The lowest BCUT2D eigenvalue weighted by Crippen LogP contribution is -2.54. The van der Waals surface area contributed by atoms with Crippen molar-refractivity contribution in [1.29, 1.82) is 0 Å². The van der Waals surface area contributed by atoms with Gasteiger partial charge in [-0.2, -0.15) is 0 Å². The molecule has 0 heterocycles. The summed E-state index contributed by atoms with van der Waals surface area (Å²) in [5.41, 5.74) is -1.09. The minimum absolute atomic E-state index is 0.0551. The Morgan fingerprint density at radius 3 is 1.69 bits per heavy atom. The second kappa shape index (κ2) is 10.4. The summed E-state index contributed by atoms with van der Waals surface area (Å²) in [6.45, 7) is 4.72. The lowest BCUT2D eigenvalue weighted by atomic mass is 9.99. The van der Waals surface area contributed by atoms with Gasteiger partial charge in [-0.05, 0) is 61.4 Å². The van der Waals surface area contributed by atoms with Crippen molar-refractivity contribution in [2.45, 2.75) is 46.5 Å². The molecule has 7 nitrogen and oxygen atoms in total. The molecule has 4 rings (SSSR count). The first kappa shape index (κ1) is 28.3. The van der Waals surface area contributed by atoms with Crippen molar-refractivity contribution in [2.24, 2.45) is 0 Å². The van der Waals surface area contributed by atoms with Crippen LogP contribution in [0.2, 0.25) is 0 Å². The molecule has 0 aromatic heterocycles. The first-order chi connectivity index (χ1) is 18.3. The molecule has 1 atom stereocenters. The lowest BCUT2D eigenvalue weighted by molar-refractivity contribution is 0.0481. The fourth-order valence-corrected chi connectivity index (χ4v) is 8.65. The molecule has 0 radical (unpaired) electrons. The lowest BCUT2D eigenvalue weighted by Gasteiger charge is -2.34. The van der Waals surface area contributed by atoms with E-state index in [-0.39, 0.29) is 5.56 Å². The molecule has 0 saturated carbocycles. The van der Waals surface area contributed by atoms with Crippen molar-refractivity contribution in [3.8, 4) is 0 Å². The molecule has 204 valence electrons. The molecule has 0 aliphatic carbocycles. The van der Waals surface area contributed by atoms with Crippen LogP contribution in [0.4, 0.5) is 9.18 Å². The van der Waals surface area contributed by atoms with E-state index in [1.165, 1.54) is 48.5 Å². The van der Waals surface area contributed by atoms with E-state index in [4.69, 9.17) is 4.74 Å². The van der Waals surface area contributed by atoms with Crippen molar-refractivity contribution in [3.63, 3.8) is 0 Å². The second-order valence-electron chi connectivity index (χ2n) is 9.86. The van der Waals surface area contributed by atoms with Crippen LogP contribution in [0.5, 0.6) is 0 Å². The van der Waals surface area contributed by atoms with Gasteiger partial charge in [0.25, 0.3) is 0 Å². The van der Waals surface area contributed by atoms with Gasteiger partial charge in [0.05, 0.1) is 9.79 Å². The molecule has 0 fully saturated rings. The number of amides is 1. The molecular formula is C29H28FNO6S2. The molecule has 0 spiro atoms. The predicted molar refractivity (Wildman–Crippen MR) is 147 cm³/mol. The Kier molecular flexibility index (Phi) is 7.55. The maximum Gasteiger partial charge on any atom is 0.408 e. The molecule has 4 aromatic rings. The van der Waals surface area contributed by atoms with Crippen molar-refractivity contribution in [1.82, 2.24) is 5.32 Å². The molecule has 10 heteroatoms. The molecular weight excluding hydrogens is 541 g/mol. The minimum atomic E-state index is -5.34. The number of nitrogens with one attached hydrogen (secondary N) is 1. The molecule has 0 unspecified atom stereocenters. The van der Waals surface area contributed by atoms with Crippen molar-refractivity contribution < 1.29 is 30.8 Å². The smallest absolute Gasteiger partial charge is 0.408 e. The third-order valence-corrected chi connectivity index (χ3v) is 11.0. The number of ether oxygens (including phenoxy) is 1. The second-order valence-corrected chi connectivity index (χ2v) is 14.3. The molecule has 1 N–H and O–H groups in total. The summed E-state index contributed by atoms with van der Waals surface area (Å²) < 4.78 is 75.8. The van der Waals surface area contributed by atoms with Crippen LogP contribution in [0.1, 0.15) is 32.4 Å². The van der Waals surface area contributed by atoms with Gasteiger partial charge in [-0.1, -0.05) is 78.9 Å². The highest BCUT2D eigenvalue weighted by atomic mass is 32.3. The van der Waals surface area contributed by atoms with Crippen LogP contribution in [0.15, 0.2) is 113 Å². The van der Waals surface area contributed by atoms with E-state index in [1.807, 2.05) is 0 Å². The van der Waals surface area contributed by atoms with Crippen LogP contribution in [-0.4, -0.2) is 32.9 Å². The highest BCUT2D eigenvalue weighted by molar-refractivity contribution is 8.10. The summed E-state index contributed by atoms with van der Waals surface area (Å²) in [5, 5.41) is 3.22. The Hall–Kier alpha value is -3.76. The maximum atomic E-state index is 17.9. The molecule has 0 saturated heterocycles. The van der Waals surface area contributed by atoms with Gasteiger partial charge in [-0.15, -0.1) is 0 Å². The number of sulfone groups is 2. The highest BCUT2D eigenvalue weighted by Gasteiger charge is 2.64. The van der Waals surface area contributed by atoms with E-state index in [2.05, 4.69) is 5.32 Å². The van der Waals surface area contributed by atoms with E-state index in [9.17, 15) is 21.6 Å². The summed E-state index contributed by atoms with van der Waals surface area (Å²) in [6.07, 6.45) is -1.19. The standard InChI is InChI=1S/C29H28FNO6S2/c1-28(2,3)37-27(32)31-26(25-20-12-14-21-13-10-11-19-24(21)25)29(30,38(33,34)22-15-6-4-7-16-22)39(35,36)23-17-8-5-9-18-23/h4-20,26H,1-3H3,(H,31,32)/t26-/m0/s1. The Labute approximate surface area is 227 Å². The fraction of sp³-hybridized carbons (Fsp3) is 0.207. The summed E-state index contributed by atoms with van der Waals surface area (Å²) in [5.74, 6) is 0. The Morgan fingerprint density at radius 1 is 0.718 bits per heavy atom. The molecule has 0 bridgehead atoms. The van der Waals surface area contributed by atoms with Crippen LogP contribution >= 0.6 is 0 Å². The number of hydrogen-bond acceptors (Lipinski definition) is 6. The first-order valence-electron chi connectivity index (χ1n) is 12.0. The molecule has 0 aliphatic heterocycles. The zero-order chi connectivity index (χ0) is 28.5. The van der Waals surface area contributed by atoms with E-state index in [0.29, 0.717) is 10.8 Å². The van der Waals surface area contributed by atoms with E-state index >= 15 is 4.39 Å². The van der Waals surface area contributed by atoms with Gasteiger partial charge >= 0.3 is 10.4 Å². The zero-order valence-electron chi connectivity index (χ0n) is 21.5. The SMILES string of the molecule is CC(C)(C)OC(=O)N[C@@H](c1cccc2ccccc12)C(F)(S(=O)(=O)c1ccccc1)S(=O)(=O)c1ccccc1. The van der Waals surface area contributed by atoms with Gasteiger partial charge in [-0.3, -0.25) is 0 Å². The highest BCUT2D eigenvalue weighted by Crippen LogP contribution is 2.47. The molecule has 4 aromatic carbocycles. The summed E-state index contributed by atoms with van der Waals surface area (Å²) in [6, 6.07) is 22.0.